The lowest BCUT2D eigenvalue weighted by Gasteiger charge is -2.02. The molecule has 0 radical (unpaired) electrons. The first-order chi connectivity index (χ1) is 7.54. The Labute approximate surface area is 100 Å². The van der Waals surface area contributed by atoms with Crippen LogP contribution in [-0.4, -0.2) is 27.8 Å². The highest BCUT2D eigenvalue weighted by atomic mass is 79.9. The largest absolute Gasteiger partial charge is 0.464 e. The van der Waals surface area contributed by atoms with Gasteiger partial charge >= 0.3 is 6.09 Å². The van der Waals surface area contributed by atoms with Crippen LogP contribution in [0.4, 0.5) is 10.7 Å². The van der Waals surface area contributed by atoms with Gasteiger partial charge in [-0.1, -0.05) is 15.9 Å². The van der Waals surface area contributed by atoms with Crippen LogP contribution in [0.3, 0.4) is 0 Å². The smallest absolute Gasteiger partial charge is 0.418 e. The number of aromatic nitrogens is 2. The molecule has 0 atom stereocenters. The summed E-state index contributed by atoms with van der Waals surface area (Å²) in [6.45, 7) is 1.89. The first kappa shape index (κ1) is 10.9. The summed E-state index contributed by atoms with van der Waals surface area (Å²) in [5.41, 5.74) is 2.19. The molecule has 0 fully saturated rings. The average Bonchev–Trinajstić information content (AvgIpc) is 2.56. The van der Waals surface area contributed by atoms with Gasteiger partial charge < -0.3 is 10.4 Å². The highest BCUT2D eigenvalue weighted by Gasteiger charge is 2.16. The molecule has 0 amide bonds. The number of aryl methyl sites for hydroxylation is 1. The van der Waals surface area contributed by atoms with Crippen LogP contribution in [0.25, 0.3) is 11.0 Å². The number of nitrogens with one attached hydrogen (secondary N) is 1. The molecule has 2 aromatic rings. The van der Waals surface area contributed by atoms with E-state index < -0.39 is 6.09 Å². The van der Waals surface area contributed by atoms with Crippen molar-refractivity contribution >= 4 is 39.0 Å². The first-order valence-corrected chi connectivity index (χ1v) is 5.43. The maximum absolute atomic E-state index is 11.1. The number of halogens is 1. The fraction of sp³-hybridized carbons (Fsp3) is 0.200. The lowest BCUT2D eigenvalue weighted by atomic mass is 10.2. The number of nitrogens with zero attached hydrogens (tertiary/aromatic N) is 2. The van der Waals surface area contributed by atoms with Crippen LogP contribution in [0.2, 0.25) is 0 Å². The number of fused-ring (bicyclic) bond motifs is 1. The molecule has 0 saturated heterocycles. The van der Waals surface area contributed by atoms with Gasteiger partial charge in [-0.2, -0.15) is 0 Å². The van der Waals surface area contributed by atoms with Gasteiger partial charge in [0, 0.05) is 11.5 Å². The molecule has 5 nitrogen and oxygen atoms in total. The van der Waals surface area contributed by atoms with Crippen molar-refractivity contribution in [1.82, 2.24) is 9.55 Å². The Kier molecular flexibility index (Phi) is 2.59. The summed E-state index contributed by atoms with van der Waals surface area (Å²) < 4.78 is 1.97. The van der Waals surface area contributed by atoms with Crippen molar-refractivity contribution in [2.24, 2.45) is 0 Å². The summed E-state index contributed by atoms with van der Waals surface area (Å²) in [5, 5.41) is 11.9. The molecule has 0 unspecified atom stereocenters. The number of benzene rings is 1. The van der Waals surface area contributed by atoms with Crippen molar-refractivity contribution in [2.75, 3.05) is 12.4 Å². The zero-order valence-corrected chi connectivity index (χ0v) is 10.4. The van der Waals surface area contributed by atoms with Gasteiger partial charge in [0.05, 0.1) is 11.0 Å². The lowest BCUT2D eigenvalue weighted by Crippen LogP contribution is -2.11. The second-order valence-corrected chi connectivity index (χ2v) is 4.31. The molecule has 0 aliphatic heterocycles. The summed E-state index contributed by atoms with van der Waals surface area (Å²) in [4.78, 5) is 15.4. The Morgan fingerprint density at radius 2 is 2.25 bits per heavy atom. The van der Waals surface area contributed by atoms with Crippen LogP contribution in [-0.2, 0) is 0 Å². The Morgan fingerprint density at radius 3 is 2.81 bits per heavy atom. The van der Waals surface area contributed by atoms with Crippen molar-refractivity contribution in [3.8, 4) is 0 Å². The molecule has 2 N–H and O–H groups in total. The molecule has 6 heteroatoms. The molecular weight excluding hydrogens is 274 g/mol. The zero-order chi connectivity index (χ0) is 11.9. The van der Waals surface area contributed by atoms with Crippen molar-refractivity contribution in [1.29, 1.82) is 0 Å². The van der Waals surface area contributed by atoms with E-state index in [1.807, 2.05) is 13.0 Å². The van der Waals surface area contributed by atoms with E-state index in [4.69, 9.17) is 5.11 Å². The van der Waals surface area contributed by atoms with Crippen LogP contribution in [0.1, 0.15) is 5.56 Å². The second-order valence-electron chi connectivity index (χ2n) is 3.39. The van der Waals surface area contributed by atoms with Crippen molar-refractivity contribution in [2.45, 2.75) is 6.92 Å². The van der Waals surface area contributed by atoms with Crippen LogP contribution in [0.5, 0.6) is 0 Å². The molecule has 0 saturated carbocycles. The third kappa shape index (κ3) is 1.55. The van der Waals surface area contributed by atoms with Gasteiger partial charge in [-0.3, -0.25) is 0 Å². The summed E-state index contributed by atoms with van der Waals surface area (Å²) in [7, 11) is 1.64. The monoisotopic (exact) mass is 283 g/mol. The molecule has 1 aromatic carbocycles. The number of carboxylic acid groups (broad SMARTS) is 1. The maximum Gasteiger partial charge on any atom is 0.418 e. The predicted octanol–water partition coefficient (Wildman–Crippen LogP) is 2.68. The maximum atomic E-state index is 11.1. The third-order valence-electron chi connectivity index (χ3n) is 2.33. The number of hydrogen-bond acceptors (Lipinski definition) is 3. The molecule has 0 aliphatic rings. The van der Waals surface area contributed by atoms with E-state index >= 15 is 0 Å². The number of hydrogen-bond donors (Lipinski definition) is 2. The molecule has 16 heavy (non-hydrogen) atoms. The van der Waals surface area contributed by atoms with Crippen LogP contribution < -0.4 is 5.32 Å². The van der Waals surface area contributed by atoms with Crippen LogP contribution in [0.15, 0.2) is 16.6 Å². The highest BCUT2D eigenvalue weighted by molar-refractivity contribution is 9.10. The summed E-state index contributed by atoms with van der Waals surface area (Å²) in [5.74, 6) is 0.323. The fourth-order valence-corrected chi connectivity index (χ4v) is 2.23. The minimum atomic E-state index is -1.05. The van der Waals surface area contributed by atoms with Crippen LogP contribution in [0, 0.1) is 6.92 Å². The molecule has 84 valence electrons. The Bertz CT molecular complexity index is 577. The van der Waals surface area contributed by atoms with Gasteiger partial charge in [0.25, 0.3) is 0 Å². The van der Waals surface area contributed by atoms with Gasteiger partial charge in [-0.25, -0.2) is 14.3 Å². The number of carbonyl (C=O) groups is 1. The average molecular weight is 284 g/mol. The summed E-state index contributed by atoms with van der Waals surface area (Å²) in [6, 6.07) is 3.64. The van der Waals surface area contributed by atoms with E-state index in [9.17, 15) is 4.79 Å². The Hall–Kier alpha value is -1.56. The Balaban J connectivity index is 2.89. The second kappa shape index (κ2) is 3.79. The standard InChI is InChI=1S/C10H10BrN3O2/c1-5-3-6(11)4-7-8(5)13-9(12-2)14(7)10(15)16/h3-4H,1-2H3,(H,12,13)(H,15,16). The molecule has 2 rings (SSSR count). The first-order valence-electron chi connectivity index (χ1n) is 4.64. The molecule has 0 bridgehead atoms. The third-order valence-corrected chi connectivity index (χ3v) is 2.79. The van der Waals surface area contributed by atoms with Crippen LogP contribution >= 0.6 is 15.9 Å². The van der Waals surface area contributed by atoms with E-state index in [-0.39, 0.29) is 0 Å². The molecular formula is C10H10BrN3O2. The number of anilines is 1. The predicted molar refractivity (Wildman–Crippen MR) is 65.1 cm³/mol. The number of imidazole rings is 1. The molecule has 0 spiro atoms. The van der Waals surface area contributed by atoms with E-state index in [1.165, 1.54) is 0 Å². The fourth-order valence-electron chi connectivity index (χ4n) is 1.67. The molecule has 1 aromatic heterocycles. The Morgan fingerprint density at radius 1 is 1.56 bits per heavy atom. The quantitative estimate of drug-likeness (QED) is 0.844. The van der Waals surface area contributed by atoms with Crippen molar-refractivity contribution < 1.29 is 9.90 Å². The minimum Gasteiger partial charge on any atom is -0.464 e. The van der Waals surface area contributed by atoms with E-state index in [1.54, 1.807) is 13.1 Å². The molecule has 1 heterocycles. The summed E-state index contributed by atoms with van der Waals surface area (Å²) in [6.07, 6.45) is -1.05. The van der Waals surface area contributed by atoms with Gasteiger partial charge in [0.2, 0.25) is 5.95 Å². The van der Waals surface area contributed by atoms with E-state index in [0.717, 1.165) is 14.6 Å². The minimum absolute atomic E-state index is 0.323. The van der Waals surface area contributed by atoms with Gasteiger partial charge in [-0.15, -0.1) is 0 Å². The summed E-state index contributed by atoms with van der Waals surface area (Å²) >= 11 is 3.34. The highest BCUT2D eigenvalue weighted by Crippen LogP contribution is 2.26. The van der Waals surface area contributed by atoms with E-state index in [0.29, 0.717) is 17.0 Å². The zero-order valence-electron chi connectivity index (χ0n) is 8.78. The molecule has 0 aliphatic carbocycles. The normalized spacial score (nSPS) is 10.7. The van der Waals surface area contributed by atoms with Gasteiger partial charge in [-0.05, 0) is 24.6 Å². The SMILES string of the molecule is CNc1nc2c(C)cc(Br)cc2n1C(=O)O. The van der Waals surface area contributed by atoms with Gasteiger partial charge in [0.1, 0.15) is 0 Å². The van der Waals surface area contributed by atoms with E-state index in [2.05, 4.69) is 26.2 Å². The lowest BCUT2D eigenvalue weighted by molar-refractivity contribution is 0.198. The topological polar surface area (TPSA) is 67.2 Å². The van der Waals surface area contributed by atoms with Gasteiger partial charge in [0.15, 0.2) is 0 Å². The number of rotatable bonds is 1. The van der Waals surface area contributed by atoms with Crippen molar-refractivity contribution in [3.05, 3.63) is 22.2 Å². The van der Waals surface area contributed by atoms with Crippen molar-refractivity contribution in [3.63, 3.8) is 0 Å².